The maximum Gasteiger partial charge on any atom is 0.282 e. The van der Waals surface area contributed by atoms with Gasteiger partial charge < -0.3 is 4.74 Å². The number of nitro groups is 1. The lowest BCUT2D eigenvalue weighted by atomic mass is 9.95. The van der Waals surface area contributed by atoms with E-state index >= 15 is 0 Å². The van der Waals surface area contributed by atoms with Crippen molar-refractivity contribution in [1.29, 1.82) is 0 Å². The van der Waals surface area contributed by atoms with Crippen LogP contribution in [0.15, 0.2) is 81.1 Å². The molecule has 35 heavy (non-hydrogen) atoms. The van der Waals surface area contributed by atoms with Gasteiger partial charge in [0.15, 0.2) is 0 Å². The Balaban J connectivity index is 1.61. The number of nitrogens with zero attached hydrogens (tertiary/aromatic N) is 4. The maximum atomic E-state index is 13.3. The fourth-order valence-corrected chi connectivity index (χ4v) is 3.79. The highest BCUT2D eigenvalue weighted by Gasteiger charge is 2.22. The summed E-state index contributed by atoms with van der Waals surface area (Å²) < 4.78 is 7.98. The van der Waals surface area contributed by atoms with Gasteiger partial charge in [0.1, 0.15) is 18.2 Å². The Kier molecular flexibility index (Phi) is 6.79. The van der Waals surface area contributed by atoms with Gasteiger partial charge in [0.05, 0.1) is 22.0 Å². The topological polar surface area (TPSA) is 99.6 Å². The summed E-state index contributed by atoms with van der Waals surface area (Å²) >= 11 is 3.42. The monoisotopic (exact) mass is 534 g/mol. The molecule has 0 N–H and O–H groups in total. The SMILES string of the molecule is CC(C)(C)c1nc2ccc(Br)cc2c(=O)n1N=Cc1cccc(OCc2ccc([N+](=O)[O-])cc2)c1. The van der Waals surface area contributed by atoms with Crippen molar-refractivity contribution in [3.63, 3.8) is 0 Å². The predicted molar refractivity (Wildman–Crippen MR) is 139 cm³/mol. The number of ether oxygens (including phenoxy) is 1. The minimum absolute atomic E-state index is 0.0346. The molecule has 8 nitrogen and oxygen atoms in total. The molecule has 0 fully saturated rings. The largest absolute Gasteiger partial charge is 0.489 e. The Morgan fingerprint density at radius 1 is 1.11 bits per heavy atom. The maximum absolute atomic E-state index is 13.3. The lowest BCUT2D eigenvalue weighted by Gasteiger charge is -2.20. The summed E-state index contributed by atoms with van der Waals surface area (Å²) in [4.78, 5) is 28.4. The molecule has 0 spiro atoms. The summed E-state index contributed by atoms with van der Waals surface area (Å²) in [5.74, 6) is 1.16. The van der Waals surface area contributed by atoms with Gasteiger partial charge in [-0.15, -0.1) is 0 Å². The van der Waals surface area contributed by atoms with Crippen molar-refractivity contribution in [3.05, 3.63) is 109 Å². The van der Waals surface area contributed by atoms with Gasteiger partial charge in [-0.05, 0) is 53.6 Å². The summed E-state index contributed by atoms with van der Waals surface area (Å²) in [6, 6.07) is 18.9. The quantitative estimate of drug-likeness (QED) is 0.176. The van der Waals surface area contributed by atoms with Crippen molar-refractivity contribution in [2.75, 3.05) is 0 Å². The van der Waals surface area contributed by atoms with E-state index < -0.39 is 10.3 Å². The van der Waals surface area contributed by atoms with Crippen molar-refractivity contribution in [2.24, 2.45) is 5.10 Å². The van der Waals surface area contributed by atoms with Crippen LogP contribution in [0.4, 0.5) is 5.69 Å². The van der Waals surface area contributed by atoms with Crippen LogP contribution in [0.3, 0.4) is 0 Å². The molecule has 178 valence electrons. The molecule has 4 aromatic rings. The highest BCUT2D eigenvalue weighted by Crippen LogP contribution is 2.23. The number of benzene rings is 3. The van der Waals surface area contributed by atoms with Crippen LogP contribution < -0.4 is 10.3 Å². The number of hydrogen-bond donors (Lipinski definition) is 0. The van der Waals surface area contributed by atoms with Gasteiger partial charge in [0.25, 0.3) is 11.2 Å². The zero-order chi connectivity index (χ0) is 25.2. The summed E-state index contributed by atoms with van der Waals surface area (Å²) in [7, 11) is 0. The van der Waals surface area contributed by atoms with Gasteiger partial charge in [-0.25, -0.2) is 4.98 Å². The summed E-state index contributed by atoms with van der Waals surface area (Å²) in [6.45, 7) is 6.21. The second kappa shape index (κ2) is 9.79. The molecule has 1 aromatic heterocycles. The molecule has 0 bridgehead atoms. The van der Waals surface area contributed by atoms with Crippen LogP contribution >= 0.6 is 15.9 Å². The van der Waals surface area contributed by atoms with E-state index in [4.69, 9.17) is 9.72 Å². The second-order valence-electron chi connectivity index (χ2n) is 8.99. The molecule has 3 aromatic carbocycles. The van der Waals surface area contributed by atoms with E-state index in [1.807, 2.05) is 57.2 Å². The Bertz CT molecular complexity index is 1490. The average Bonchev–Trinajstić information content (AvgIpc) is 2.82. The fraction of sp³-hybridized carbons (Fsp3) is 0.192. The van der Waals surface area contributed by atoms with Crippen molar-refractivity contribution in [3.8, 4) is 5.75 Å². The molecule has 1 heterocycles. The number of nitro benzene ring substituents is 1. The number of aromatic nitrogens is 2. The summed E-state index contributed by atoms with van der Waals surface area (Å²) in [5.41, 5.74) is 1.55. The molecule has 0 atom stereocenters. The Morgan fingerprint density at radius 2 is 1.86 bits per heavy atom. The van der Waals surface area contributed by atoms with Gasteiger partial charge in [-0.3, -0.25) is 14.9 Å². The van der Waals surface area contributed by atoms with Crippen LogP contribution in [0.2, 0.25) is 0 Å². The first-order chi connectivity index (χ1) is 16.6. The molecule has 0 unspecified atom stereocenters. The highest BCUT2D eigenvalue weighted by molar-refractivity contribution is 9.10. The number of non-ortho nitro benzene ring substituents is 1. The Morgan fingerprint density at radius 3 is 2.54 bits per heavy atom. The third kappa shape index (κ3) is 5.63. The van der Waals surface area contributed by atoms with E-state index in [9.17, 15) is 14.9 Å². The number of halogens is 1. The fourth-order valence-electron chi connectivity index (χ4n) is 3.43. The standard InChI is InChI=1S/C26H23BrN4O4/c1-26(2,3)25-29-23-12-9-19(27)14-22(23)24(32)30(25)28-15-18-5-4-6-21(13-18)35-16-17-7-10-20(11-8-17)31(33)34/h4-15H,16H2,1-3H3. The van der Waals surface area contributed by atoms with Crippen LogP contribution in [-0.4, -0.2) is 20.8 Å². The Labute approximate surface area is 210 Å². The van der Waals surface area contributed by atoms with Crippen LogP contribution in [0.1, 0.15) is 37.7 Å². The van der Waals surface area contributed by atoms with Gasteiger partial charge in [-0.1, -0.05) is 48.8 Å². The molecule has 0 saturated carbocycles. The lowest BCUT2D eigenvalue weighted by Crippen LogP contribution is -2.29. The molecule has 0 aliphatic carbocycles. The second-order valence-corrected chi connectivity index (χ2v) is 9.91. The first kappa shape index (κ1) is 24.3. The van der Waals surface area contributed by atoms with Crippen LogP contribution in [-0.2, 0) is 12.0 Å². The molecule has 9 heteroatoms. The molecule has 0 amide bonds. The van der Waals surface area contributed by atoms with E-state index in [0.29, 0.717) is 22.5 Å². The minimum Gasteiger partial charge on any atom is -0.489 e. The normalized spacial score (nSPS) is 11.8. The van der Waals surface area contributed by atoms with Crippen molar-refractivity contribution in [1.82, 2.24) is 9.66 Å². The minimum atomic E-state index is -0.437. The molecule has 0 aliphatic rings. The smallest absolute Gasteiger partial charge is 0.282 e. The van der Waals surface area contributed by atoms with Gasteiger partial charge >= 0.3 is 0 Å². The van der Waals surface area contributed by atoms with Crippen molar-refractivity contribution in [2.45, 2.75) is 32.8 Å². The molecule has 4 rings (SSSR count). The zero-order valence-electron chi connectivity index (χ0n) is 19.4. The number of fused-ring (bicyclic) bond motifs is 1. The van der Waals surface area contributed by atoms with Gasteiger partial charge in [0.2, 0.25) is 0 Å². The molecule has 0 saturated heterocycles. The van der Waals surface area contributed by atoms with E-state index in [0.717, 1.165) is 15.6 Å². The summed E-state index contributed by atoms with van der Waals surface area (Å²) in [6.07, 6.45) is 1.60. The lowest BCUT2D eigenvalue weighted by molar-refractivity contribution is -0.384. The van der Waals surface area contributed by atoms with E-state index in [1.54, 1.807) is 24.4 Å². The third-order valence-corrected chi connectivity index (χ3v) is 5.71. The Hall–Kier alpha value is -3.85. The average molecular weight is 535 g/mol. The van der Waals surface area contributed by atoms with Crippen LogP contribution in [0.25, 0.3) is 10.9 Å². The van der Waals surface area contributed by atoms with Crippen molar-refractivity contribution >= 4 is 38.7 Å². The molecule has 0 aliphatic heterocycles. The molecular weight excluding hydrogens is 512 g/mol. The highest BCUT2D eigenvalue weighted by atomic mass is 79.9. The zero-order valence-corrected chi connectivity index (χ0v) is 21.0. The van der Waals surface area contributed by atoms with Crippen LogP contribution in [0.5, 0.6) is 5.75 Å². The van der Waals surface area contributed by atoms with Crippen molar-refractivity contribution < 1.29 is 9.66 Å². The van der Waals surface area contributed by atoms with E-state index in [1.165, 1.54) is 16.8 Å². The first-order valence-corrected chi connectivity index (χ1v) is 11.6. The third-order valence-electron chi connectivity index (χ3n) is 5.21. The van der Waals surface area contributed by atoms with Crippen LogP contribution in [0, 0.1) is 10.1 Å². The summed E-state index contributed by atoms with van der Waals surface area (Å²) in [5, 5.41) is 15.8. The molecule has 0 radical (unpaired) electrons. The predicted octanol–water partition coefficient (Wildman–Crippen LogP) is 5.83. The number of hydrogen-bond acceptors (Lipinski definition) is 6. The van der Waals surface area contributed by atoms with Gasteiger partial charge in [0, 0.05) is 22.0 Å². The van der Waals surface area contributed by atoms with Gasteiger partial charge in [-0.2, -0.15) is 9.78 Å². The number of rotatable bonds is 6. The first-order valence-electron chi connectivity index (χ1n) is 10.9. The van der Waals surface area contributed by atoms with E-state index in [2.05, 4.69) is 21.0 Å². The van der Waals surface area contributed by atoms with E-state index in [-0.39, 0.29) is 17.9 Å². The molecular formula is C26H23BrN4O4.